The molecule has 6 nitrogen and oxygen atoms in total. The topological polar surface area (TPSA) is 78.9 Å². The Labute approximate surface area is 151 Å². The van der Waals surface area contributed by atoms with Crippen LogP contribution in [0, 0.1) is 0 Å². The van der Waals surface area contributed by atoms with E-state index in [2.05, 4.69) is 4.74 Å². The SMILES string of the molecule is CCOC(=O)C(=O)CC(=O)c1ccc(OCCOc2ccccc2)cc1. The molecule has 0 atom stereocenters. The second-order valence-electron chi connectivity index (χ2n) is 5.28. The summed E-state index contributed by atoms with van der Waals surface area (Å²) in [7, 11) is 0. The van der Waals surface area contributed by atoms with Crippen molar-refractivity contribution in [1.82, 2.24) is 0 Å². The van der Waals surface area contributed by atoms with Crippen LogP contribution in [-0.4, -0.2) is 37.4 Å². The highest BCUT2D eigenvalue weighted by atomic mass is 16.5. The molecule has 0 N–H and O–H groups in total. The van der Waals surface area contributed by atoms with Gasteiger partial charge >= 0.3 is 5.97 Å². The van der Waals surface area contributed by atoms with Crippen LogP contribution < -0.4 is 9.47 Å². The zero-order valence-corrected chi connectivity index (χ0v) is 14.5. The number of hydrogen-bond acceptors (Lipinski definition) is 6. The summed E-state index contributed by atoms with van der Waals surface area (Å²) in [5, 5.41) is 0. The van der Waals surface area contributed by atoms with Gasteiger partial charge in [0.2, 0.25) is 5.78 Å². The predicted octanol–water partition coefficient (Wildman–Crippen LogP) is 2.85. The minimum atomic E-state index is -0.987. The quantitative estimate of drug-likeness (QED) is 0.214. The number of esters is 1. The van der Waals surface area contributed by atoms with Gasteiger partial charge in [-0.25, -0.2) is 4.79 Å². The van der Waals surface area contributed by atoms with Crippen LogP contribution in [0.25, 0.3) is 0 Å². The van der Waals surface area contributed by atoms with E-state index in [0.29, 0.717) is 24.5 Å². The fraction of sp³-hybridized carbons (Fsp3) is 0.250. The molecule has 0 radical (unpaired) electrons. The van der Waals surface area contributed by atoms with Crippen molar-refractivity contribution in [3.63, 3.8) is 0 Å². The van der Waals surface area contributed by atoms with Crippen LogP contribution in [0.1, 0.15) is 23.7 Å². The van der Waals surface area contributed by atoms with E-state index in [9.17, 15) is 14.4 Å². The van der Waals surface area contributed by atoms with Gasteiger partial charge in [0, 0.05) is 5.56 Å². The molecule has 0 heterocycles. The van der Waals surface area contributed by atoms with Gasteiger partial charge in [0.15, 0.2) is 5.78 Å². The maximum Gasteiger partial charge on any atom is 0.375 e. The molecule has 0 fully saturated rings. The largest absolute Gasteiger partial charge is 0.490 e. The van der Waals surface area contributed by atoms with Crippen LogP contribution in [0.3, 0.4) is 0 Å². The summed E-state index contributed by atoms with van der Waals surface area (Å²) >= 11 is 0. The van der Waals surface area contributed by atoms with E-state index < -0.39 is 24.0 Å². The molecule has 0 amide bonds. The van der Waals surface area contributed by atoms with Gasteiger partial charge in [-0.3, -0.25) is 9.59 Å². The standard InChI is InChI=1S/C20H20O6/c1-2-24-20(23)19(22)14-18(21)15-8-10-17(11-9-15)26-13-12-25-16-6-4-3-5-7-16/h3-11H,2,12-14H2,1H3. The van der Waals surface area contributed by atoms with Crippen molar-refractivity contribution in [2.24, 2.45) is 0 Å². The number of benzene rings is 2. The van der Waals surface area contributed by atoms with Gasteiger partial charge in [0.05, 0.1) is 13.0 Å². The molecule has 2 rings (SSSR count). The molecule has 0 aliphatic rings. The van der Waals surface area contributed by atoms with E-state index in [0.717, 1.165) is 5.75 Å². The van der Waals surface area contributed by atoms with Gasteiger partial charge in [-0.15, -0.1) is 0 Å². The minimum Gasteiger partial charge on any atom is -0.490 e. The number of ether oxygens (including phenoxy) is 3. The molecule has 26 heavy (non-hydrogen) atoms. The molecular weight excluding hydrogens is 336 g/mol. The van der Waals surface area contributed by atoms with Crippen LogP contribution in [0.4, 0.5) is 0 Å². The van der Waals surface area contributed by atoms with Gasteiger partial charge in [0.25, 0.3) is 0 Å². The number of ketones is 2. The lowest BCUT2D eigenvalue weighted by atomic mass is 10.1. The Morgan fingerprint density at radius 3 is 1.96 bits per heavy atom. The monoisotopic (exact) mass is 356 g/mol. The summed E-state index contributed by atoms with van der Waals surface area (Å²) in [6.45, 7) is 2.43. The maximum atomic E-state index is 12.0. The lowest BCUT2D eigenvalue weighted by molar-refractivity contribution is -0.153. The molecule has 0 saturated carbocycles. The zero-order valence-electron chi connectivity index (χ0n) is 14.5. The molecule has 0 aliphatic heterocycles. The van der Waals surface area contributed by atoms with E-state index >= 15 is 0 Å². The van der Waals surface area contributed by atoms with Crippen LogP contribution in [-0.2, 0) is 14.3 Å². The smallest absolute Gasteiger partial charge is 0.375 e. The van der Waals surface area contributed by atoms with E-state index in [-0.39, 0.29) is 6.61 Å². The van der Waals surface area contributed by atoms with Crippen molar-refractivity contribution in [2.45, 2.75) is 13.3 Å². The normalized spacial score (nSPS) is 10.0. The second-order valence-corrected chi connectivity index (χ2v) is 5.28. The predicted molar refractivity (Wildman–Crippen MR) is 94.5 cm³/mol. The van der Waals surface area contributed by atoms with Gasteiger partial charge in [0.1, 0.15) is 24.7 Å². The molecule has 0 bridgehead atoms. The van der Waals surface area contributed by atoms with Gasteiger partial charge in [-0.1, -0.05) is 18.2 Å². The van der Waals surface area contributed by atoms with E-state index in [1.54, 1.807) is 31.2 Å². The third kappa shape index (κ3) is 6.05. The Hall–Kier alpha value is -3.15. The summed E-state index contributed by atoms with van der Waals surface area (Å²) in [4.78, 5) is 34.8. The lowest BCUT2D eigenvalue weighted by Gasteiger charge is -2.08. The van der Waals surface area contributed by atoms with Crippen molar-refractivity contribution >= 4 is 17.5 Å². The fourth-order valence-electron chi connectivity index (χ4n) is 2.10. The first-order valence-electron chi connectivity index (χ1n) is 8.24. The molecule has 0 aromatic heterocycles. The minimum absolute atomic E-state index is 0.0960. The molecule has 136 valence electrons. The van der Waals surface area contributed by atoms with Crippen LogP contribution in [0.15, 0.2) is 54.6 Å². The Morgan fingerprint density at radius 2 is 1.38 bits per heavy atom. The number of hydrogen-bond donors (Lipinski definition) is 0. The molecule has 2 aromatic carbocycles. The average molecular weight is 356 g/mol. The summed E-state index contributed by atoms with van der Waals surface area (Å²) in [6, 6.07) is 15.8. The van der Waals surface area contributed by atoms with Crippen LogP contribution in [0.2, 0.25) is 0 Å². The zero-order chi connectivity index (χ0) is 18.8. The number of para-hydroxylation sites is 1. The first-order valence-corrected chi connectivity index (χ1v) is 8.24. The number of Topliss-reactive ketones (excluding diaryl/α,β-unsaturated/α-hetero) is 2. The molecular formula is C20H20O6. The third-order valence-electron chi connectivity index (χ3n) is 3.36. The van der Waals surface area contributed by atoms with Crippen LogP contribution in [0.5, 0.6) is 11.5 Å². The van der Waals surface area contributed by atoms with Crippen molar-refractivity contribution in [3.8, 4) is 11.5 Å². The molecule has 0 unspecified atom stereocenters. The number of carbonyl (C=O) groups is 3. The summed E-state index contributed by atoms with van der Waals surface area (Å²) < 4.78 is 15.6. The number of carbonyl (C=O) groups excluding carboxylic acids is 3. The summed E-state index contributed by atoms with van der Waals surface area (Å²) in [5.74, 6) is -0.935. The maximum absolute atomic E-state index is 12.0. The van der Waals surface area contributed by atoms with Gasteiger partial charge in [-0.2, -0.15) is 0 Å². The van der Waals surface area contributed by atoms with Crippen molar-refractivity contribution in [3.05, 3.63) is 60.2 Å². The molecule has 0 aliphatic carbocycles. The van der Waals surface area contributed by atoms with E-state index in [1.165, 1.54) is 0 Å². The summed E-state index contributed by atoms with van der Waals surface area (Å²) in [6.07, 6.45) is -0.510. The third-order valence-corrected chi connectivity index (χ3v) is 3.36. The van der Waals surface area contributed by atoms with Crippen LogP contribution >= 0.6 is 0 Å². The Kier molecular flexibility index (Phi) is 7.36. The Morgan fingerprint density at radius 1 is 0.808 bits per heavy atom. The fourth-order valence-corrected chi connectivity index (χ4v) is 2.10. The summed E-state index contributed by atoms with van der Waals surface area (Å²) in [5.41, 5.74) is 0.329. The highest BCUT2D eigenvalue weighted by molar-refractivity contribution is 6.38. The van der Waals surface area contributed by atoms with Gasteiger partial charge in [-0.05, 0) is 43.3 Å². The molecule has 6 heteroatoms. The highest BCUT2D eigenvalue weighted by Gasteiger charge is 2.19. The molecule has 0 spiro atoms. The Bertz CT molecular complexity index is 737. The second kappa shape index (κ2) is 9.98. The van der Waals surface area contributed by atoms with Gasteiger partial charge < -0.3 is 14.2 Å². The number of rotatable bonds is 10. The first-order chi connectivity index (χ1) is 12.6. The van der Waals surface area contributed by atoms with E-state index in [1.807, 2.05) is 30.3 Å². The Balaban J connectivity index is 1.77. The van der Waals surface area contributed by atoms with Crippen molar-refractivity contribution in [1.29, 1.82) is 0 Å². The van der Waals surface area contributed by atoms with Crippen molar-refractivity contribution < 1.29 is 28.6 Å². The van der Waals surface area contributed by atoms with Crippen molar-refractivity contribution in [2.75, 3.05) is 19.8 Å². The lowest BCUT2D eigenvalue weighted by Crippen LogP contribution is -2.20. The molecule has 2 aromatic rings. The average Bonchev–Trinajstić information content (AvgIpc) is 2.66. The first kappa shape index (κ1) is 19.2. The highest BCUT2D eigenvalue weighted by Crippen LogP contribution is 2.14. The van der Waals surface area contributed by atoms with E-state index in [4.69, 9.17) is 9.47 Å². The molecule has 0 saturated heterocycles.